The first-order chi connectivity index (χ1) is 19.6. The summed E-state index contributed by atoms with van der Waals surface area (Å²) < 4.78 is 51.4. The number of halogens is 3. The Balaban J connectivity index is 1.10. The molecule has 10 heteroatoms. The van der Waals surface area contributed by atoms with Crippen LogP contribution in [0.3, 0.4) is 0 Å². The van der Waals surface area contributed by atoms with Gasteiger partial charge >= 0.3 is 12.1 Å². The Morgan fingerprint density at radius 1 is 1.12 bits per heavy atom. The first-order valence-corrected chi connectivity index (χ1v) is 14.6. The molecule has 3 fully saturated rings. The lowest BCUT2D eigenvalue weighted by atomic mass is 9.67. The van der Waals surface area contributed by atoms with Crippen LogP contribution in [-0.2, 0) is 9.53 Å². The molecule has 0 amide bonds. The second kappa shape index (κ2) is 12.3. The van der Waals surface area contributed by atoms with Gasteiger partial charge in [-0.25, -0.2) is 4.98 Å². The molecule has 1 N–H and O–H groups in total. The van der Waals surface area contributed by atoms with Crippen LogP contribution in [0, 0.1) is 17.3 Å². The number of aliphatic hydroxyl groups excluding tert-OH is 1. The average Bonchev–Trinajstić information content (AvgIpc) is 3.35. The van der Waals surface area contributed by atoms with E-state index in [1.807, 2.05) is 41.3 Å². The van der Waals surface area contributed by atoms with E-state index in [0.29, 0.717) is 56.4 Å². The predicted molar refractivity (Wildman–Crippen MR) is 148 cm³/mol. The van der Waals surface area contributed by atoms with Gasteiger partial charge < -0.3 is 19.5 Å². The van der Waals surface area contributed by atoms with Crippen LogP contribution < -0.4 is 4.74 Å². The number of aromatic nitrogens is 1. The zero-order chi connectivity index (χ0) is 29.2. The van der Waals surface area contributed by atoms with Crippen LogP contribution in [0.25, 0.3) is 11.1 Å². The highest BCUT2D eigenvalue weighted by atomic mass is 19.4. The van der Waals surface area contributed by atoms with Gasteiger partial charge in [0.15, 0.2) is 0 Å². The SMILES string of the molecule is COC(=O)[C@@H]1C[C@@H](C)CN1C(O)c1ccc(-c2ccc(OCC3CCN(CC4(C(F)(F)F)CCC4)CC3)nc2)cc1. The number of rotatable bonds is 9. The summed E-state index contributed by atoms with van der Waals surface area (Å²) in [6.07, 6.45) is 0.197. The van der Waals surface area contributed by atoms with Gasteiger partial charge in [-0.15, -0.1) is 0 Å². The van der Waals surface area contributed by atoms with Crippen LogP contribution >= 0.6 is 0 Å². The number of hydrogen-bond acceptors (Lipinski definition) is 7. The molecule has 2 aliphatic heterocycles. The summed E-state index contributed by atoms with van der Waals surface area (Å²) in [6, 6.07) is 10.9. The molecule has 1 unspecified atom stereocenters. The van der Waals surface area contributed by atoms with Crippen molar-refractivity contribution in [2.75, 3.05) is 39.9 Å². The third-order valence-corrected chi connectivity index (χ3v) is 9.23. The minimum Gasteiger partial charge on any atom is -0.477 e. The van der Waals surface area contributed by atoms with Gasteiger partial charge in [0.2, 0.25) is 5.88 Å². The number of carbonyl (C=O) groups is 1. The molecule has 224 valence electrons. The molecule has 7 nitrogen and oxygen atoms in total. The van der Waals surface area contributed by atoms with Gasteiger partial charge in [-0.1, -0.05) is 37.6 Å². The summed E-state index contributed by atoms with van der Waals surface area (Å²) in [4.78, 5) is 20.4. The molecular weight excluding hydrogens is 535 g/mol. The molecule has 0 radical (unpaired) electrons. The van der Waals surface area contributed by atoms with Crippen molar-refractivity contribution in [1.82, 2.24) is 14.8 Å². The number of hydrogen-bond donors (Lipinski definition) is 1. The summed E-state index contributed by atoms with van der Waals surface area (Å²) in [5, 5.41) is 11.0. The highest BCUT2D eigenvalue weighted by Crippen LogP contribution is 2.53. The average molecular weight is 576 g/mol. The molecule has 0 bridgehead atoms. The van der Waals surface area contributed by atoms with E-state index >= 15 is 0 Å². The number of pyridine rings is 1. The van der Waals surface area contributed by atoms with E-state index < -0.39 is 23.9 Å². The second-order valence-electron chi connectivity index (χ2n) is 12.1. The Morgan fingerprint density at radius 3 is 2.37 bits per heavy atom. The zero-order valence-corrected chi connectivity index (χ0v) is 23.8. The summed E-state index contributed by atoms with van der Waals surface area (Å²) in [5.74, 6) is 0.778. The summed E-state index contributed by atoms with van der Waals surface area (Å²) in [7, 11) is 1.37. The molecule has 1 aliphatic carbocycles. The van der Waals surface area contributed by atoms with Crippen molar-refractivity contribution in [3.8, 4) is 17.0 Å². The van der Waals surface area contributed by atoms with Gasteiger partial charge in [-0.3, -0.25) is 9.69 Å². The summed E-state index contributed by atoms with van der Waals surface area (Å²) >= 11 is 0. The number of piperidine rings is 1. The summed E-state index contributed by atoms with van der Waals surface area (Å²) in [5.41, 5.74) is 1.05. The number of ether oxygens (including phenoxy) is 2. The smallest absolute Gasteiger partial charge is 0.395 e. The monoisotopic (exact) mass is 575 g/mol. The number of likely N-dealkylation sites (tertiary alicyclic amines) is 2. The fourth-order valence-electron chi connectivity index (χ4n) is 6.47. The van der Waals surface area contributed by atoms with Crippen LogP contribution in [0.4, 0.5) is 13.2 Å². The third-order valence-electron chi connectivity index (χ3n) is 9.23. The predicted octanol–water partition coefficient (Wildman–Crippen LogP) is 5.45. The molecule has 1 aromatic carbocycles. The highest BCUT2D eigenvalue weighted by molar-refractivity contribution is 5.76. The van der Waals surface area contributed by atoms with E-state index in [1.165, 1.54) is 7.11 Å². The van der Waals surface area contributed by atoms with E-state index in [0.717, 1.165) is 24.0 Å². The molecular formula is C31H40F3N3O4. The van der Waals surface area contributed by atoms with Crippen molar-refractivity contribution in [2.45, 2.75) is 63.9 Å². The topological polar surface area (TPSA) is 75.1 Å². The Morgan fingerprint density at radius 2 is 1.80 bits per heavy atom. The van der Waals surface area contributed by atoms with Crippen LogP contribution in [0.5, 0.6) is 5.88 Å². The highest BCUT2D eigenvalue weighted by Gasteiger charge is 2.58. The molecule has 3 heterocycles. The van der Waals surface area contributed by atoms with Crippen LogP contribution in [0.1, 0.15) is 57.2 Å². The number of nitrogens with zero attached hydrogens (tertiary/aromatic N) is 3. The van der Waals surface area contributed by atoms with Crippen LogP contribution in [-0.4, -0.2) is 78.0 Å². The lowest BCUT2D eigenvalue weighted by molar-refractivity contribution is -0.256. The van der Waals surface area contributed by atoms with Gasteiger partial charge in [-0.2, -0.15) is 13.2 Å². The Labute approximate surface area is 239 Å². The van der Waals surface area contributed by atoms with Gasteiger partial charge in [0.1, 0.15) is 12.3 Å². The number of esters is 1. The lowest BCUT2D eigenvalue weighted by Gasteiger charge is -2.47. The Kier molecular flexibility index (Phi) is 8.92. The number of benzene rings is 1. The van der Waals surface area contributed by atoms with E-state index in [4.69, 9.17) is 9.47 Å². The minimum atomic E-state index is -4.12. The van der Waals surface area contributed by atoms with Gasteiger partial charge in [0.25, 0.3) is 0 Å². The van der Waals surface area contributed by atoms with Crippen molar-refractivity contribution < 1.29 is 32.5 Å². The number of alkyl halides is 3. The quantitative estimate of drug-likeness (QED) is 0.399. The molecule has 3 atom stereocenters. The number of methoxy groups -OCH3 is 1. The van der Waals surface area contributed by atoms with Crippen LogP contribution in [0.15, 0.2) is 42.6 Å². The molecule has 3 aliphatic rings. The van der Waals surface area contributed by atoms with Gasteiger partial charge in [0, 0.05) is 30.9 Å². The van der Waals surface area contributed by atoms with Crippen LogP contribution in [0.2, 0.25) is 0 Å². The lowest BCUT2D eigenvalue weighted by Crippen LogP contribution is -2.53. The number of aliphatic hydroxyl groups is 1. The molecule has 41 heavy (non-hydrogen) atoms. The maximum absolute atomic E-state index is 13.5. The normalized spacial score (nSPS) is 24.5. The zero-order valence-electron chi connectivity index (χ0n) is 23.8. The first-order valence-electron chi connectivity index (χ1n) is 14.6. The van der Waals surface area contributed by atoms with E-state index in [-0.39, 0.29) is 31.3 Å². The van der Waals surface area contributed by atoms with Gasteiger partial charge in [0.05, 0.1) is 19.1 Å². The van der Waals surface area contributed by atoms with E-state index in [9.17, 15) is 23.1 Å². The van der Waals surface area contributed by atoms with Crippen molar-refractivity contribution in [2.24, 2.45) is 17.3 Å². The third kappa shape index (κ3) is 6.54. The first kappa shape index (κ1) is 29.8. The fraction of sp³-hybridized carbons (Fsp3) is 0.613. The van der Waals surface area contributed by atoms with Crippen molar-refractivity contribution >= 4 is 5.97 Å². The standard InChI is InChI=1S/C31H40F3N3O4/c1-21-16-26(29(39)40-2)37(18-21)28(38)24-6-4-23(5-7-24)25-8-9-27(35-17-25)41-19-22-10-14-36(15-11-22)20-30(12-3-13-30)31(32,33)34/h4-9,17,21-22,26,28,38H,3,10-16,18-20H2,1-2H3/t21-,26+,28?/m1/s1. The van der Waals surface area contributed by atoms with Crippen molar-refractivity contribution in [1.29, 1.82) is 0 Å². The van der Waals surface area contributed by atoms with Crippen molar-refractivity contribution in [3.05, 3.63) is 48.2 Å². The minimum absolute atomic E-state index is 0.124. The maximum atomic E-state index is 13.5. The largest absolute Gasteiger partial charge is 0.477 e. The molecule has 1 saturated carbocycles. The molecule has 1 aromatic heterocycles. The van der Waals surface area contributed by atoms with Crippen molar-refractivity contribution in [3.63, 3.8) is 0 Å². The van der Waals surface area contributed by atoms with E-state index in [1.54, 1.807) is 11.1 Å². The van der Waals surface area contributed by atoms with E-state index in [2.05, 4.69) is 11.9 Å². The second-order valence-corrected chi connectivity index (χ2v) is 12.1. The Hall–Kier alpha value is -2.69. The molecule has 2 aromatic rings. The summed E-state index contributed by atoms with van der Waals surface area (Å²) in [6.45, 7) is 4.64. The van der Waals surface area contributed by atoms with Gasteiger partial charge in [-0.05, 0) is 74.2 Å². The molecule has 2 saturated heterocycles. The molecule has 5 rings (SSSR count). The Bertz CT molecular complexity index is 1160. The number of carbonyl (C=O) groups excluding carboxylic acids is 1. The molecule has 0 spiro atoms. The fourth-order valence-corrected chi connectivity index (χ4v) is 6.47. The maximum Gasteiger partial charge on any atom is 0.395 e.